The fourth-order valence-corrected chi connectivity index (χ4v) is 2.09. The van der Waals surface area contributed by atoms with Crippen LogP contribution in [0.3, 0.4) is 0 Å². The summed E-state index contributed by atoms with van der Waals surface area (Å²) in [7, 11) is 0. The lowest BCUT2D eigenvalue weighted by molar-refractivity contribution is 0.0167. The number of aliphatic hydroxyl groups excluding tert-OH is 2. The van der Waals surface area contributed by atoms with E-state index in [9.17, 15) is 28.9 Å². The number of carbonyl (C=O) groups is 1. The molecule has 4 N–H and O–H groups in total. The molecule has 2 atom stereocenters. The van der Waals surface area contributed by atoms with Crippen LogP contribution in [-0.4, -0.2) is 34.1 Å². The minimum Gasteiger partial charge on any atom is -0.505 e. The molecule has 2 aromatic carbocycles. The molecule has 1 amide bonds. The molecule has 0 aliphatic carbocycles. The van der Waals surface area contributed by atoms with Crippen molar-refractivity contribution in [2.24, 2.45) is 0 Å². The van der Waals surface area contributed by atoms with Gasteiger partial charge in [-0.25, -0.2) is 13.6 Å². The average molecular weight is 353 g/mol. The van der Waals surface area contributed by atoms with Crippen molar-refractivity contribution in [2.75, 3.05) is 6.54 Å². The molecule has 0 bridgehead atoms. The predicted molar refractivity (Wildman–Crippen MR) is 83.6 cm³/mol. The Morgan fingerprint density at radius 1 is 1.16 bits per heavy atom. The number of hydrogen-bond donors (Lipinski definition) is 4. The minimum absolute atomic E-state index is 0.0151. The van der Waals surface area contributed by atoms with E-state index in [1.165, 1.54) is 0 Å². The number of amides is 1. The van der Waals surface area contributed by atoms with E-state index >= 15 is 0 Å². The molecule has 8 heteroatoms. The molecule has 0 saturated heterocycles. The lowest BCUT2D eigenvalue weighted by atomic mass is 10.0. The van der Waals surface area contributed by atoms with Gasteiger partial charge in [-0.1, -0.05) is 30.3 Å². The summed E-state index contributed by atoms with van der Waals surface area (Å²) in [6.45, 7) is -0.437. The first-order chi connectivity index (χ1) is 11.9. The zero-order valence-electron chi connectivity index (χ0n) is 13.0. The molecule has 2 unspecified atom stereocenters. The quantitative estimate of drug-likeness (QED) is 0.637. The summed E-state index contributed by atoms with van der Waals surface area (Å²) < 4.78 is 31.4. The van der Waals surface area contributed by atoms with Gasteiger partial charge in [-0.05, 0) is 11.6 Å². The number of aromatic hydroxyl groups is 1. The first kappa shape index (κ1) is 18.6. The topological polar surface area (TPSA) is 99.0 Å². The normalized spacial score (nSPS) is 13.1. The van der Waals surface area contributed by atoms with Crippen LogP contribution in [0.5, 0.6) is 5.75 Å². The number of nitrogens with one attached hydrogen (secondary N) is 1. The molecule has 0 heterocycles. The number of carbonyl (C=O) groups excluding carboxylic acids is 1. The Hall–Kier alpha value is -2.71. The highest BCUT2D eigenvalue weighted by atomic mass is 19.1. The highest BCUT2D eigenvalue weighted by Gasteiger charge is 2.24. The highest BCUT2D eigenvalue weighted by Crippen LogP contribution is 2.29. The van der Waals surface area contributed by atoms with Gasteiger partial charge in [0.1, 0.15) is 24.6 Å². The van der Waals surface area contributed by atoms with Crippen molar-refractivity contribution >= 4 is 6.09 Å². The lowest BCUT2D eigenvalue weighted by Gasteiger charge is -2.19. The zero-order chi connectivity index (χ0) is 18.4. The van der Waals surface area contributed by atoms with Crippen molar-refractivity contribution in [1.29, 1.82) is 0 Å². The maximum atomic E-state index is 13.3. The molecular weight excluding hydrogens is 336 g/mol. The first-order valence-electron chi connectivity index (χ1n) is 7.37. The third kappa shape index (κ3) is 5.13. The van der Waals surface area contributed by atoms with Gasteiger partial charge in [0.05, 0.1) is 0 Å². The van der Waals surface area contributed by atoms with Crippen LogP contribution in [-0.2, 0) is 11.3 Å². The number of alkyl carbamates (subject to hydrolysis) is 1. The standard InChI is InChI=1S/C17H17F2NO5/c18-11-6-12(15(22)13(19)7-11)16(23)14(21)8-20-17(24)25-9-10-4-2-1-3-5-10/h1-7,14,16,21-23H,8-9H2,(H,20,24). The van der Waals surface area contributed by atoms with Gasteiger partial charge in [0.2, 0.25) is 0 Å². The second kappa shape index (κ2) is 8.41. The van der Waals surface area contributed by atoms with Gasteiger partial charge in [0.25, 0.3) is 0 Å². The molecule has 0 aliphatic heterocycles. The molecule has 25 heavy (non-hydrogen) atoms. The molecule has 2 aromatic rings. The summed E-state index contributed by atoms with van der Waals surface area (Å²) in [6.07, 6.45) is -4.26. The highest BCUT2D eigenvalue weighted by molar-refractivity contribution is 5.67. The van der Waals surface area contributed by atoms with Crippen molar-refractivity contribution in [2.45, 2.75) is 18.8 Å². The van der Waals surface area contributed by atoms with Gasteiger partial charge < -0.3 is 25.4 Å². The summed E-state index contributed by atoms with van der Waals surface area (Å²) in [4.78, 5) is 11.6. The smallest absolute Gasteiger partial charge is 0.407 e. The number of phenols is 1. The van der Waals surface area contributed by atoms with E-state index in [2.05, 4.69) is 5.32 Å². The predicted octanol–water partition coefficient (Wildman–Crippen LogP) is 1.99. The van der Waals surface area contributed by atoms with E-state index in [1.807, 2.05) is 6.07 Å². The van der Waals surface area contributed by atoms with Crippen LogP contribution in [0, 0.1) is 11.6 Å². The van der Waals surface area contributed by atoms with Gasteiger partial charge in [-0.2, -0.15) is 0 Å². The van der Waals surface area contributed by atoms with E-state index < -0.39 is 47.8 Å². The van der Waals surface area contributed by atoms with E-state index in [0.717, 1.165) is 5.56 Å². The van der Waals surface area contributed by atoms with E-state index in [4.69, 9.17) is 4.74 Å². The summed E-state index contributed by atoms with van der Waals surface area (Å²) >= 11 is 0. The van der Waals surface area contributed by atoms with Gasteiger partial charge in [0, 0.05) is 18.2 Å². The second-order valence-corrected chi connectivity index (χ2v) is 5.28. The van der Waals surface area contributed by atoms with Crippen LogP contribution < -0.4 is 5.32 Å². The van der Waals surface area contributed by atoms with Crippen LogP contribution in [0.25, 0.3) is 0 Å². The van der Waals surface area contributed by atoms with Crippen LogP contribution in [0.15, 0.2) is 42.5 Å². The van der Waals surface area contributed by atoms with Crippen molar-refractivity contribution in [1.82, 2.24) is 5.32 Å². The monoisotopic (exact) mass is 353 g/mol. The van der Waals surface area contributed by atoms with Crippen LogP contribution in [0.4, 0.5) is 13.6 Å². The summed E-state index contributed by atoms with van der Waals surface area (Å²) in [5, 5.41) is 31.5. The number of hydrogen-bond acceptors (Lipinski definition) is 5. The summed E-state index contributed by atoms with van der Waals surface area (Å²) in [6, 6.07) is 10.0. The Bertz CT molecular complexity index is 726. The van der Waals surface area contributed by atoms with Gasteiger partial charge >= 0.3 is 6.09 Å². The average Bonchev–Trinajstić information content (AvgIpc) is 2.61. The van der Waals surface area contributed by atoms with Crippen LogP contribution in [0.2, 0.25) is 0 Å². The molecule has 0 aliphatic rings. The fourth-order valence-electron chi connectivity index (χ4n) is 2.09. The summed E-state index contributed by atoms with van der Waals surface area (Å²) in [5.41, 5.74) is 0.239. The molecule has 2 rings (SSSR count). The van der Waals surface area contributed by atoms with Crippen LogP contribution >= 0.6 is 0 Å². The van der Waals surface area contributed by atoms with Crippen molar-refractivity contribution in [3.05, 3.63) is 65.2 Å². The van der Waals surface area contributed by atoms with E-state index in [0.29, 0.717) is 12.1 Å². The number of rotatable bonds is 6. The maximum Gasteiger partial charge on any atom is 0.407 e. The second-order valence-electron chi connectivity index (χ2n) is 5.28. The number of halogens is 2. The van der Waals surface area contributed by atoms with Gasteiger partial charge in [0.15, 0.2) is 11.6 Å². The molecule has 0 spiro atoms. The number of benzene rings is 2. The fraction of sp³-hybridized carbons (Fsp3) is 0.235. The number of phenolic OH excluding ortho intramolecular Hbond substituents is 1. The summed E-state index contributed by atoms with van der Waals surface area (Å²) in [5.74, 6) is -3.26. The van der Waals surface area contributed by atoms with Crippen molar-refractivity contribution < 1.29 is 33.6 Å². The Morgan fingerprint density at radius 3 is 2.52 bits per heavy atom. The molecule has 0 aromatic heterocycles. The molecule has 0 radical (unpaired) electrons. The Kier molecular flexibility index (Phi) is 6.26. The zero-order valence-corrected chi connectivity index (χ0v) is 13.0. The van der Waals surface area contributed by atoms with Crippen molar-refractivity contribution in [3.8, 4) is 5.75 Å². The lowest BCUT2D eigenvalue weighted by Crippen LogP contribution is -2.35. The first-order valence-corrected chi connectivity index (χ1v) is 7.37. The third-order valence-corrected chi connectivity index (χ3v) is 3.41. The minimum atomic E-state index is -1.81. The van der Waals surface area contributed by atoms with Crippen molar-refractivity contribution in [3.63, 3.8) is 0 Å². The number of ether oxygens (including phenoxy) is 1. The van der Waals surface area contributed by atoms with Gasteiger partial charge in [-0.3, -0.25) is 0 Å². The van der Waals surface area contributed by atoms with Crippen LogP contribution in [0.1, 0.15) is 17.2 Å². The molecule has 134 valence electrons. The Morgan fingerprint density at radius 2 is 1.84 bits per heavy atom. The largest absolute Gasteiger partial charge is 0.505 e. The van der Waals surface area contributed by atoms with Gasteiger partial charge in [-0.15, -0.1) is 0 Å². The molecular formula is C17H17F2NO5. The maximum absolute atomic E-state index is 13.3. The van der Waals surface area contributed by atoms with E-state index in [-0.39, 0.29) is 6.61 Å². The number of aliphatic hydroxyl groups is 2. The molecule has 0 fully saturated rings. The SMILES string of the molecule is O=C(NCC(O)C(O)c1cc(F)cc(F)c1O)OCc1ccccc1. The molecule has 6 nitrogen and oxygen atoms in total. The molecule has 0 saturated carbocycles. The van der Waals surface area contributed by atoms with E-state index in [1.54, 1.807) is 24.3 Å². The Balaban J connectivity index is 1.87. The third-order valence-electron chi connectivity index (χ3n) is 3.41. The Labute approximate surface area is 142 Å².